The number of amides is 2. The normalized spacial score (nSPS) is 11.9. The van der Waals surface area contributed by atoms with E-state index in [9.17, 15) is 9.59 Å². The van der Waals surface area contributed by atoms with E-state index in [4.69, 9.17) is 11.6 Å². The van der Waals surface area contributed by atoms with Gasteiger partial charge in [0.15, 0.2) is 0 Å². The van der Waals surface area contributed by atoms with Crippen LogP contribution in [0, 0.1) is 0 Å². The van der Waals surface area contributed by atoms with Gasteiger partial charge in [-0.2, -0.15) is 5.10 Å². The summed E-state index contributed by atoms with van der Waals surface area (Å²) in [5, 5.41) is 11.5. The molecular weight excluding hydrogens is 300 g/mol. The highest BCUT2D eigenvalue weighted by atomic mass is 35.5. The third-order valence-corrected chi connectivity index (χ3v) is 4.03. The smallest absolute Gasteiger partial charge is 0.243 e. The molecule has 6 nitrogen and oxygen atoms in total. The molecule has 8 heteroatoms. The number of hydrogen-bond acceptors (Lipinski definition) is 4. The maximum Gasteiger partial charge on any atom is 0.243 e. The van der Waals surface area contributed by atoms with Crippen molar-refractivity contribution >= 4 is 40.4 Å². The summed E-state index contributed by atoms with van der Waals surface area (Å²) in [4.78, 5) is 24.4. The predicted octanol–water partition coefficient (Wildman–Crippen LogP) is 1.98. The van der Waals surface area contributed by atoms with Crippen LogP contribution in [0.2, 0.25) is 4.34 Å². The number of anilines is 1. The summed E-state index contributed by atoms with van der Waals surface area (Å²) in [6.45, 7) is 1.68. The molecule has 2 aromatic heterocycles. The van der Waals surface area contributed by atoms with Crippen LogP contribution in [0.5, 0.6) is 0 Å². The Morgan fingerprint density at radius 3 is 2.90 bits per heavy atom. The zero-order valence-electron chi connectivity index (χ0n) is 10.6. The van der Waals surface area contributed by atoms with Crippen molar-refractivity contribution in [3.8, 4) is 0 Å². The van der Waals surface area contributed by atoms with Crippen molar-refractivity contribution in [3.63, 3.8) is 0 Å². The molecule has 1 unspecified atom stereocenters. The summed E-state index contributed by atoms with van der Waals surface area (Å²) in [5.74, 6) is -0.865. The van der Waals surface area contributed by atoms with Crippen molar-refractivity contribution in [1.29, 1.82) is 0 Å². The molecule has 0 aliphatic rings. The van der Waals surface area contributed by atoms with Gasteiger partial charge in [0.25, 0.3) is 0 Å². The second-order valence-electron chi connectivity index (χ2n) is 4.12. The van der Waals surface area contributed by atoms with Gasteiger partial charge in [-0.05, 0) is 19.1 Å². The Labute approximate surface area is 124 Å². The standard InChI is InChI=1S/C12H13ClN4O2S/c1-7(9-2-3-10(13)20-9)12(19)14-6-11(18)17-8-4-15-16-5-8/h2-5,7H,6H2,1H3,(H,14,19)(H,15,16)(H,17,18). The van der Waals surface area contributed by atoms with E-state index >= 15 is 0 Å². The number of thiophene rings is 1. The molecule has 0 aromatic carbocycles. The fraction of sp³-hybridized carbons (Fsp3) is 0.250. The van der Waals surface area contributed by atoms with E-state index in [1.54, 1.807) is 19.2 Å². The number of halogens is 1. The average molecular weight is 313 g/mol. The van der Waals surface area contributed by atoms with E-state index in [0.717, 1.165) is 4.88 Å². The number of hydrogen-bond donors (Lipinski definition) is 3. The van der Waals surface area contributed by atoms with Gasteiger partial charge < -0.3 is 10.6 Å². The Kier molecular flexibility index (Phi) is 4.75. The Morgan fingerprint density at radius 2 is 2.30 bits per heavy atom. The zero-order valence-corrected chi connectivity index (χ0v) is 12.2. The van der Waals surface area contributed by atoms with Crippen molar-refractivity contribution in [2.75, 3.05) is 11.9 Å². The van der Waals surface area contributed by atoms with Crippen LogP contribution in [0.25, 0.3) is 0 Å². The number of carbonyl (C=O) groups is 2. The largest absolute Gasteiger partial charge is 0.346 e. The molecule has 2 rings (SSSR count). The summed E-state index contributed by atoms with van der Waals surface area (Å²) in [6, 6.07) is 3.56. The molecule has 0 radical (unpaired) electrons. The van der Waals surface area contributed by atoms with Crippen molar-refractivity contribution in [2.24, 2.45) is 0 Å². The lowest BCUT2D eigenvalue weighted by molar-refractivity contribution is -0.124. The van der Waals surface area contributed by atoms with Crippen molar-refractivity contribution in [2.45, 2.75) is 12.8 Å². The molecule has 3 N–H and O–H groups in total. The summed E-state index contributed by atoms with van der Waals surface area (Å²) in [5.41, 5.74) is 0.558. The molecule has 0 aliphatic heterocycles. The third kappa shape index (κ3) is 3.82. The molecule has 106 valence electrons. The minimum Gasteiger partial charge on any atom is -0.346 e. The van der Waals surface area contributed by atoms with Crippen LogP contribution < -0.4 is 10.6 Å². The molecule has 2 heterocycles. The first-order valence-electron chi connectivity index (χ1n) is 5.88. The van der Waals surface area contributed by atoms with Crippen LogP contribution in [0.3, 0.4) is 0 Å². The van der Waals surface area contributed by atoms with Crippen LogP contribution in [0.4, 0.5) is 5.69 Å². The monoisotopic (exact) mass is 312 g/mol. The molecule has 2 amide bonds. The van der Waals surface area contributed by atoms with Gasteiger partial charge in [-0.3, -0.25) is 14.7 Å². The van der Waals surface area contributed by atoms with Gasteiger partial charge in [0.2, 0.25) is 11.8 Å². The summed E-state index contributed by atoms with van der Waals surface area (Å²) in [7, 11) is 0. The fourth-order valence-corrected chi connectivity index (χ4v) is 2.65. The molecule has 0 saturated carbocycles. The molecular formula is C12H13ClN4O2S. The van der Waals surface area contributed by atoms with Gasteiger partial charge in [0, 0.05) is 11.1 Å². The van der Waals surface area contributed by atoms with E-state index in [2.05, 4.69) is 20.8 Å². The average Bonchev–Trinajstić information content (AvgIpc) is 3.06. The molecule has 0 bridgehead atoms. The van der Waals surface area contributed by atoms with Crippen LogP contribution in [-0.4, -0.2) is 28.6 Å². The number of nitrogens with zero attached hydrogens (tertiary/aromatic N) is 1. The minimum atomic E-state index is -0.339. The number of aromatic amines is 1. The Morgan fingerprint density at radius 1 is 1.50 bits per heavy atom. The van der Waals surface area contributed by atoms with Crippen molar-refractivity contribution in [1.82, 2.24) is 15.5 Å². The number of rotatable bonds is 5. The number of nitrogens with one attached hydrogen (secondary N) is 3. The number of carbonyl (C=O) groups excluding carboxylic acids is 2. The lowest BCUT2D eigenvalue weighted by Gasteiger charge is -2.10. The lowest BCUT2D eigenvalue weighted by Crippen LogP contribution is -2.35. The second-order valence-corrected chi connectivity index (χ2v) is 5.86. The molecule has 2 aromatic rings. The first-order chi connectivity index (χ1) is 9.56. The van der Waals surface area contributed by atoms with Crippen molar-refractivity contribution in [3.05, 3.63) is 33.7 Å². The minimum absolute atomic E-state index is 0.0898. The van der Waals surface area contributed by atoms with Crippen molar-refractivity contribution < 1.29 is 9.59 Å². The Hall–Kier alpha value is -1.86. The Balaban J connectivity index is 1.81. The van der Waals surface area contributed by atoms with Crippen LogP contribution in [0.1, 0.15) is 17.7 Å². The fourth-order valence-electron chi connectivity index (χ4n) is 1.54. The number of H-pyrrole nitrogens is 1. The number of aromatic nitrogens is 2. The highest BCUT2D eigenvalue weighted by molar-refractivity contribution is 7.16. The zero-order chi connectivity index (χ0) is 14.5. The highest BCUT2D eigenvalue weighted by Gasteiger charge is 2.17. The molecule has 0 aliphatic carbocycles. The second kappa shape index (κ2) is 6.53. The maximum atomic E-state index is 11.9. The first kappa shape index (κ1) is 14.5. The summed E-state index contributed by atoms with van der Waals surface area (Å²) in [6.07, 6.45) is 3.03. The summed E-state index contributed by atoms with van der Waals surface area (Å²) >= 11 is 7.18. The van der Waals surface area contributed by atoms with E-state index in [1.807, 2.05) is 6.07 Å². The van der Waals surface area contributed by atoms with Crippen LogP contribution in [-0.2, 0) is 9.59 Å². The SMILES string of the molecule is CC(C(=O)NCC(=O)Nc1cn[nH]c1)c1ccc(Cl)s1. The van der Waals surface area contributed by atoms with Crippen LogP contribution >= 0.6 is 22.9 Å². The summed E-state index contributed by atoms with van der Waals surface area (Å²) < 4.78 is 0.636. The molecule has 0 spiro atoms. The molecule has 0 fully saturated rings. The van der Waals surface area contributed by atoms with E-state index < -0.39 is 0 Å². The van der Waals surface area contributed by atoms with Gasteiger partial charge in [-0.1, -0.05) is 11.6 Å². The van der Waals surface area contributed by atoms with E-state index in [-0.39, 0.29) is 24.3 Å². The third-order valence-electron chi connectivity index (χ3n) is 2.62. The molecule has 0 saturated heterocycles. The molecule has 1 atom stereocenters. The van der Waals surface area contributed by atoms with Gasteiger partial charge in [0.1, 0.15) is 0 Å². The topological polar surface area (TPSA) is 86.9 Å². The van der Waals surface area contributed by atoms with Crippen LogP contribution in [0.15, 0.2) is 24.5 Å². The van der Waals surface area contributed by atoms with E-state index in [0.29, 0.717) is 10.0 Å². The maximum absolute atomic E-state index is 11.9. The highest BCUT2D eigenvalue weighted by Crippen LogP contribution is 2.27. The Bertz CT molecular complexity index is 596. The van der Waals surface area contributed by atoms with Gasteiger partial charge in [-0.25, -0.2) is 0 Å². The molecule has 20 heavy (non-hydrogen) atoms. The van der Waals surface area contributed by atoms with E-state index in [1.165, 1.54) is 17.5 Å². The van der Waals surface area contributed by atoms with Gasteiger partial charge in [0.05, 0.1) is 28.7 Å². The first-order valence-corrected chi connectivity index (χ1v) is 7.07. The quantitative estimate of drug-likeness (QED) is 0.789. The predicted molar refractivity (Wildman–Crippen MR) is 78.0 cm³/mol. The van der Waals surface area contributed by atoms with Gasteiger partial charge in [-0.15, -0.1) is 11.3 Å². The van der Waals surface area contributed by atoms with Gasteiger partial charge >= 0.3 is 0 Å². The lowest BCUT2D eigenvalue weighted by atomic mass is 10.1.